The zero-order valence-electron chi connectivity index (χ0n) is 44.7. The number of nitrogens with one attached hydrogen (secondary N) is 1. The van der Waals surface area contributed by atoms with Gasteiger partial charge in [-0.15, -0.1) is 0 Å². The predicted molar refractivity (Wildman–Crippen MR) is 287 cm³/mol. The maximum absolute atomic E-state index is 12.5. The van der Waals surface area contributed by atoms with Crippen LogP contribution in [0.1, 0.15) is 335 Å². The number of esters is 1. The van der Waals surface area contributed by atoms with Crippen LogP contribution in [0, 0.1) is 0 Å². The number of carbonyl (C=O) groups excluding carboxylic acids is 2. The maximum Gasteiger partial charge on any atom is 0.305 e. The number of allylic oxidation sites excluding steroid dienone is 2. The van der Waals surface area contributed by atoms with Gasteiger partial charge in [-0.05, 0) is 51.4 Å². The summed E-state index contributed by atoms with van der Waals surface area (Å²) in [5, 5.41) is 23.3. The molecule has 0 spiro atoms. The fraction of sp³-hybridized carbons (Fsp3) is 0.933. The van der Waals surface area contributed by atoms with Crippen molar-refractivity contribution in [1.29, 1.82) is 0 Å². The van der Waals surface area contributed by atoms with Crippen LogP contribution >= 0.6 is 0 Å². The third-order valence-corrected chi connectivity index (χ3v) is 14.1. The quantitative estimate of drug-likeness (QED) is 0.0321. The van der Waals surface area contributed by atoms with E-state index in [-0.39, 0.29) is 18.5 Å². The van der Waals surface area contributed by atoms with Crippen LogP contribution in [-0.2, 0) is 14.3 Å². The summed E-state index contributed by atoms with van der Waals surface area (Å²) in [4.78, 5) is 24.5. The minimum absolute atomic E-state index is 0.00707. The second-order valence-corrected chi connectivity index (χ2v) is 20.7. The molecule has 0 heterocycles. The molecule has 1 amide bonds. The van der Waals surface area contributed by atoms with E-state index in [1.165, 1.54) is 250 Å². The lowest BCUT2D eigenvalue weighted by Gasteiger charge is -2.22. The predicted octanol–water partition coefficient (Wildman–Crippen LogP) is 18.5. The number of ether oxygens (including phenoxy) is 1. The van der Waals surface area contributed by atoms with Crippen molar-refractivity contribution >= 4 is 11.9 Å². The van der Waals surface area contributed by atoms with Crippen molar-refractivity contribution in [3.8, 4) is 0 Å². The minimum Gasteiger partial charge on any atom is -0.466 e. The Labute approximate surface area is 412 Å². The molecule has 2 unspecified atom stereocenters. The Morgan fingerprint density at radius 1 is 0.409 bits per heavy atom. The minimum atomic E-state index is -0.672. The van der Waals surface area contributed by atoms with Gasteiger partial charge in [0.1, 0.15) is 0 Å². The molecule has 66 heavy (non-hydrogen) atoms. The van der Waals surface area contributed by atoms with E-state index in [9.17, 15) is 19.8 Å². The van der Waals surface area contributed by atoms with Gasteiger partial charge in [0.2, 0.25) is 5.91 Å². The first-order valence-corrected chi connectivity index (χ1v) is 29.9. The third-order valence-electron chi connectivity index (χ3n) is 14.1. The first-order valence-electron chi connectivity index (χ1n) is 29.9. The van der Waals surface area contributed by atoms with Crippen LogP contribution in [0.15, 0.2) is 12.2 Å². The van der Waals surface area contributed by atoms with Crippen molar-refractivity contribution in [3.05, 3.63) is 12.2 Å². The van der Waals surface area contributed by atoms with Gasteiger partial charge < -0.3 is 20.3 Å². The van der Waals surface area contributed by atoms with Crippen LogP contribution in [0.3, 0.4) is 0 Å². The molecule has 0 aliphatic carbocycles. The Morgan fingerprint density at radius 2 is 0.712 bits per heavy atom. The van der Waals surface area contributed by atoms with E-state index in [0.717, 1.165) is 51.4 Å². The number of aliphatic hydroxyl groups is 2. The van der Waals surface area contributed by atoms with E-state index in [1.54, 1.807) is 0 Å². The summed E-state index contributed by atoms with van der Waals surface area (Å²) in [6, 6.07) is -0.550. The molecular weight excluding hydrogens is 815 g/mol. The Bertz CT molecular complexity index is 986. The van der Waals surface area contributed by atoms with Crippen molar-refractivity contribution in [2.75, 3.05) is 13.2 Å². The molecule has 0 aromatic heterocycles. The molecule has 0 aromatic rings. The van der Waals surface area contributed by atoms with Gasteiger partial charge in [-0.2, -0.15) is 0 Å². The second kappa shape index (κ2) is 56.2. The first kappa shape index (κ1) is 64.6. The molecule has 0 bridgehead atoms. The average molecular weight is 933 g/mol. The topological polar surface area (TPSA) is 95.9 Å². The number of amides is 1. The Morgan fingerprint density at radius 3 is 1.08 bits per heavy atom. The van der Waals surface area contributed by atoms with Crippen LogP contribution in [0.5, 0.6) is 0 Å². The summed E-state index contributed by atoms with van der Waals surface area (Å²) in [7, 11) is 0. The van der Waals surface area contributed by atoms with Gasteiger partial charge in [-0.25, -0.2) is 0 Å². The van der Waals surface area contributed by atoms with Gasteiger partial charge in [0.15, 0.2) is 0 Å². The Balaban J connectivity index is 3.42. The number of hydrogen-bond donors (Lipinski definition) is 3. The average Bonchev–Trinajstić information content (AvgIpc) is 3.32. The lowest BCUT2D eigenvalue weighted by atomic mass is 10.0. The number of carbonyl (C=O) groups is 2. The molecule has 0 fully saturated rings. The van der Waals surface area contributed by atoms with Crippen molar-refractivity contribution in [1.82, 2.24) is 5.32 Å². The van der Waals surface area contributed by atoms with Crippen LogP contribution in [0.4, 0.5) is 0 Å². The summed E-state index contributed by atoms with van der Waals surface area (Å²) in [5.74, 6) is -0.0400. The molecular formula is C60H117NO5. The van der Waals surface area contributed by atoms with Crippen LogP contribution in [0.25, 0.3) is 0 Å². The van der Waals surface area contributed by atoms with Crippen molar-refractivity contribution in [2.24, 2.45) is 0 Å². The molecule has 0 saturated carbocycles. The highest BCUT2D eigenvalue weighted by Gasteiger charge is 2.20. The normalized spacial score (nSPS) is 12.6. The lowest BCUT2D eigenvalue weighted by Crippen LogP contribution is -2.45. The molecule has 0 radical (unpaired) electrons. The molecule has 392 valence electrons. The maximum atomic E-state index is 12.5. The van der Waals surface area contributed by atoms with E-state index >= 15 is 0 Å². The van der Waals surface area contributed by atoms with E-state index in [1.807, 2.05) is 0 Å². The van der Waals surface area contributed by atoms with E-state index in [4.69, 9.17) is 4.74 Å². The van der Waals surface area contributed by atoms with Gasteiger partial charge in [0.25, 0.3) is 0 Å². The smallest absolute Gasteiger partial charge is 0.305 e. The first-order chi connectivity index (χ1) is 32.5. The highest BCUT2D eigenvalue weighted by Crippen LogP contribution is 2.18. The Hall–Kier alpha value is -1.40. The summed E-state index contributed by atoms with van der Waals surface area (Å²) < 4.78 is 5.49. The number of rotatable bonds is 56. The van der Waals surface area contributed by atoms with Crippen molar-refractivity contribution in [2.45, 2.75) is 347 Å². The lowest BCUT2D eigenvalue weighted by molar-refractivity contribution is -0.143. The van der Waals surface area contributed by atoms with E-state index in [2.05, 4.69) is 31.3 Å². The molecule has 3 N–H and O–H groups in total. The van der Waals surface area contributed by atoms with E-state index in [0.29, 0.717) is 25.9 Å². The largest absolute Gasteiger partial charge is 0.466 e. The summed E-state index contributed by atoms with van der Waals surface area (Å²) >= 11 is 0. The second-order valence-electron chi connectivity index (χ2n) is 20.7. The zero-order valence-corrected chi connectivity index (χ0v) is 44.7. The van der Waals surface area contributed by atoms with Crippen molar-refractivity contribution < 1.29 is 24.5 Å². The molecule has 0 rings (SSSR count). The van der Waals surface area contributed by atoms with Crippen LogP contribution < -0.4 is 5.32 Å². The molecule has 6 heteroatoms. The number of unbranched alkanes of at least 4 members (excludes halogenated alkanes) is 43. The number of aliphatic hydroxyl groups excluding tert-OH is 2. The molecule has 6 nitrogen and oxygen atoms in total. The molecule has 0 aliphatic heterocycles. The molecule has 0 saturated heterocycles. The van der Waals surface area contributed by atoms with Gasteiger partial charge in [-0.3, -0.25) is 9.59 Å². The summed E-state index contributed by atoms with van der Waals surface area (Å²) in [6.45, 7) is 4.96. The fourth-order valence-electron chi connectivity index (χ4n) is 9.46. The van der Waals surface area contributed by atoms with Crippen LogP contribution in [-0.4, -0.2) is 47.4 Å². The third kappa shape index (κ3) is 52.0. The molecule has 0 aliphatic rings. The van der Waals surface area contributed by atoms with Crippen molar-refractivity contribution in [3.63, 3.8) is 0 Å². The Kier molecular flexibility index (Phi) is 55.0. The summed E-state index contributed by atoms with van der Waals surface area (Å²) in [6.07, 6.45) is 66.3. The van der Waals surface area contributed by atoms with Gasteiger partial charge >= 0.3 is 5.97 Å². The standard InChI is InChI=1S/C60H117NO5/c1-3-5-7-9-11-13-15-17-19-26-30-34-38-42-46-50-54-60(65)66-55-51-47-43-39-35-31-27-23-21-20-22-25-29-33-37-41-45-49-53-59(64)61-57(56-62)58(63)52-48-44-40-36-32-28-24-18-16-14-12-10-8-6-4-2/h22,25,57-58,62-63H,3-21,23-24,26-56H2,1-2H3,(H,61,64)/b25-22-. The van der Waals surface area contributed by atoms with Gasteiger partial charge in [0.05, 0.1) is 25.4 Å². The monoisotopic (exact) mass is 932 g/mol. The molecule has 0 aromatic carbocycles. The van der Waals surface area contributed by atoms with E-state index < -0.39 is 12.1 Å². The van der Waals surface area contributed by atoms with Crippen LogP contribution in [0.2, 0.25) is 0 Å². The summed E-state index contributed by atoms with van der Waals surface area (Å²) in [5.41, 5.74) is 0. The van der Waals surface area contributed by atoms with Gasteiger partial charge in [-0.1, -0.05) is 283 Å². The number of hydrogen-bond acceptors (Lipinski definition) is 5. The molecule has 2 atom stereocenters. The highest BCUT2D eigenvalue weighted by molar-refractivity contribution is 5.76. The zero-order chi connectivity index (χ0) is 47.9. The fourth-order valence-corrected chi connectivity index (χ4v) is 9.46. The van der Waals surface area contributed by atoms with Gasteiger partial charge in [0, 0.05) is 12.8 Å². The highest BCUT2D eigenvalue weighted by atomic mass is 16.5. The SMILES string of the molecule is CCCCCCCCCCCCCCCCCCC(=O)OCCCCCCCCCCC/C=C\CCCCCCCC(=O)NC(CO)C(O)CCCCCCCCCCCCCCCCC.